The van der Waals surface area contributed by atoms with Crippen LogP contribution in [0.15, 0.2) is 41.8 Å². The third kappa shape index (κ3) is 2.70. The lowest BCUT2D eigenvalue weighted by atomic mass is 10.1. The van der Waals surface area contributed by atoms with Crippen LogP contribution in [-0.2, 0) is 0 Å². The molecule has 4 rings (SSSR count). The monoisotopic (exact) mass is 332 g/mol. The highest BCUT2D eigenvalue weighted by molar-refractivity contribution is 7.14. The molecule has 0 aliphatic carbocycles. The van der Waals surface area contributed by atoms with Crippen molar-refractivity contribution in [1.82, 2.24) is 4.98 Å². The van der Waals surface area contributed by atoms with Crippen LogP contribution in [0.5, 0.6) is 11.5 Å². The van der Waals surface area contributed by atoms with Gasteiger partial charge in [0.2, 0.25) is 6.79 Å². The Kier molecular flexibility index (Phi) is 3.34. The minimum Gasteiger partial charge on any atom is -0.454 e. The van der Waals surface area contributed by atoms with E-state index in [-0.39, 0.29) is 12.4 Å². The van der Waals surface area contributed by atoms with Crippen molar-refractivity contribution in [2.45, 2.75) is 0 Å². The standard InChI is InChI=1S/C16H10F2N2O2S/c17-9-1-3-12(18)11(5-9)13-7-23-16(20-13)19-10-2-4-14-15(6-10)22-8-21-14/h1-7H,8H2,(H,19,20). The quantitative estimate of drug-likeness (QED) is 0.763. The van der Waals surface area contributed by atoms with Gasteiger partial charge in [-0.3, -0.25) is 0 Å². The van der Waals surface area contributed by atoms with Crippen LogP contribution in [0.3, 0.4) is 0 Å². The van der Waals surface area contributed by atoms with Crippen LogP contribution in [0.4, 0.5) is 19.6 Å². The minimum atomic E-state index is -0.508. The number of nitrogens with zero attached hydrogens (tertiary/aromatic N) is 1. The Labute approximate surface area is 134 Å². The summed E-state index contributed by atoms with van der Waals surface area (Å²) < 4.78 is 37.6. The van der Waals surface area contributed by atoms with Crippen molar-refractivity contribution >= 4 is 22.2 Å². The molecule has 0 fully saturated rings. The van der Waals surface area contributed by atoms with Crippen LogP contribution in [-0.4, -0.2) is 11.8 Å². The molecule has 2 heterocycles. The van der Waals surface area contributed by atoms with E-state index in [1.807, 2.05) is 6.07 Å². The van der Waals surface area contributed by atoms with Crippen LogP contribution in [0, 0.1) is 11.6 Å². The molecule has 0 saturated carbocycles. The molecular weight excluding hydrogens is 322 g/mol. The summed E-state index contributed by atoms with van der Waals surface area (Å²) in [5.41, 5.74) is 1.30. The van der Waals surface area contributed by atoms with Gasteiger partial charge in [-0.15, -0.1) is 11.3 Å². The molecule has 7 heteroatoms. The third-order valence-electron chi connectivity index (χ3n) is 3.33. The second-order valence-electron chi connectivity index (χ2n) is 4.86. The van der Waals surface area contributed by atoms with Crippen molar-refractivity contribution in [3.05, 3.63) is 53.4 Å². The average molecular weight is 332 g/mol. The Morgan fingerprint density at radius 3 is 2.83 bits per heavy atom. The van der Waals surface area contributed by atoms with Crippen molar-refractivity contribution in [2.75, 3.05) is 12.1 Å². The van der Waals surface area contributed by atoms with Gasteiger partial charge >= 0.3 is 0 Å². The number of ether oxygens (including phenoxy) is 2. The van der Waals surface area contributed by atoms with E-state index in [4.69, 9.17) is 9.47 Å². The van der Waals surface area contributed by atoms with Crippen molar-refractivity contribution < 1.29 is 18.3 Å². The van der Waals surface area contributed by atoms with Crippen LogP contribution in [0.1, 0.15) is 0 Å². The molecule has 116 valence electrons. The number of hydrogen-bond acceptors (Lipinski definition) is 5. The van der Waals surface area contributed by atoms with Gasteiger partial charge in [0.15, 0.2) is 16.6 Å². The summed E-state index contributed by atoms with van der Waals surface area (Å²) in [6.07, 6.45) is 0. The zero-order valence-electron chi connectivity index (χ0n) is 11.7. The normalized spacial score (nSPS) is 12.4. The van der Waals surface area contributed by atoms with E-state index in [0.717, 1.165) is 23.9 Å². The molecule has 1 aliphatic rings. The maximum atomic E-state index is 13.8. The second kappa shape index (κ2) is 5.51. The first kappa shape index (κ1) is 14.0. The number of aromatic nitrogens is 1. The number of anilines is 2. The molecule has 0 spiro atoms. The van der Waals surface area contributed by atoms with Gasteiger partial charge in [-0.05, 0) is 30.3 Å². The molecule has 4 nitrogen and oxygen atoms in total. The lowest BCUT2D eigenvalue weighted by Crippen LogP contribution is -1.93. The zero-order chi connectivity index (χ0) is 15.8. The Morgan fingerprint density at radius 2 is 1.91 bits per heavy atom. The number of nitrogens with one attached hydrogen (secondary N) is 1. The van der Waals surface area contributed by atoms with E-state index in [1.54, 1.807) is 17.5 Å². The SMILES string of the molecule is Fc1ccc(F)c(-c2csc(Nc3ccc4c(c3)OCO4)n2)c1. The summed E-state index contributed by atoms with van der Waals surface area (Å²) in [4.78, 5) is 4.30. The number of benzene rings is 2. The van der Waals surface area contributed by atoms with Crippen molar-refractivity contribution in [1.29, 1.82) is 0 Å². The largest absolute Gasteiger partial charge is 0.454 e. The molecule has 1 N–H and O–H groups in total. The fraction of sp³-hybridized carbons (Fsp3) is 0.0625. The fourth-order valence-corrected chi connectivity index (χ4v) is 2.98. The smallest absolute Gasteiger partial charge is 0.231 e. The number of halogens is 2. The van der Waals surface area contributed by atoms with Gasteiger partial charge in [-0.1, -0.05) is 0 Å². The van der Waals surface area contributed by atoms with Crippen LogP contribution >= 0.6 is 11.3 Å². The highest BCUT2D eigenvalue weighted by atomic mass is 32.1. The van der Waals surface area contributed by atoms with Crippen molar-refractivity contribution in [3.8, 4) is 22.8 Å². The van der Waals surface area contributed by atoms with E-state index in [9.17, 15) is 8.78 Å². The average Bonchev–Trinajstić information content (AvgIpc) is 3.18. The Morgan fingerprint density at radius 1 is 1.04 bits per heavy atom. The summed E-state index contributed by atoms with van der Waals surface area (Å²) in [6.45, 7) is 0.207. The molecule has 3 aromatic rings. The van der Waals surface area contributed by atoms with E-state index >= 15 is 0 Å². The summed E-state index contributed by atoms with van der Waals surface area (Å²) in [7, 11) is 0. The van der Waals surface area contributed by atoms with E-state index < -0.39 is 11.6 Å². The Bertz CT molecular complexity index is 882. The van der Waals surface area contributed by atoms with Gasteiger partial charge in [-0.25, -0.2) is 13.8 Å². The third-order valence-corrected chi connectivity index (χ3v) is 4.09. The highest BCUT2D eigenvalue weighted by Gasteiger charge is 2.14. The number of fused-ring (bicyclic) bond motifs is 1. The van der Waals surface area contributed by atoms with E-state index in [0.29, 0.717) is 22.3 Å². The molecule has 1 aromatic heterocycles. The van der Waals surface area contributed by atoms with Crippen molar-refractivity contribution in [3.63, 3.8) is 0 Å². The van der Waals surface area contributed by atoms with Crippen LogP contribution in [0.25, 0.3) is 11.3 Å². The molecular formula is C16H10F2N2O2S. The predicted molar refractivity (Wildman–Crippen MR) is 83.3 cm³/mol. The van der Waals surface area contributed by atoms with Crippen molar-refractivity contribution in [2.24, 2.45) is 0 Å². The molecule has 0 saturated heterocycles. The first-order valence-electron chi connectivity index (χ1n) is 6.77. The first-order valence-corrected chi connectivity index (χ1v) is 7.64. The molecule has 23 heavy (non-hydrogen) atoms. The Hall–Kier alpha value is -2.67. The molecule has 2 aromatic carbocycles. The van der Waals surface area contributed by atoms with Crippen LogP contribution in [0.2, 0.25) is 0 Å². The van der Waals surface area contributed by atoms with Gasteiger partial charge in [0.05, 0.1) is 5.69 Å². The predicted octanol–water partition coefficient (Wildman–Crippen LogP) is 4.56. The molecule has 0 atom stereocenters. The summed E-state index contributed by atoms with van der Waals surface area (Å²) >= 11 is 1.30. The Balaban J connectivity index is 1.60. The number of hydrogen-bond donors (Lipinski definition) is 1. The summed E-state index contributed by atoms with van der Waals surface area (Å²) in [5, 5.41) is 5.36. The van der Waals surface area contributed by atoms with E-state index in [1.165, 1.54) is 11.3 Å². The van der Waals surface area contributed by atoms with Gasteiger partial charge in [0.1, 0.15) is 11.6 Å². The fourth-order valence-electron chi connectivity index (χ4n) is 2.25. The maximum Gasteiger partial charge on any atom is 0.231 e. The first-order chi connectivity index (χ1) is 11.2. The lowest BCUT2D eigenvalue weighted by Gasteiger charge is -2.04. The summed E-state index contributed by atoms with van der Waals surface area (Å²) in [5.74, 6) is 0.339. The van der Waals surface area contributed by atoms with Crippen LogP contribution < -0.4 is 14.8 Å². The zero-order valence-corrected chi connectivity index (χ0v) is 12.5. The van der Waals surface area contributed by atoms with Gasteiger partial charge in [0.25, 0.3) is 0 Å². The minimum absolute atomic E-state index is 0.139. The summed E-state index contributed by atoms with van der Waals surface area (Å²) in [6, 6.07) is 8.73. The van der Waals surface area contributed by atoms with Gasteiger partial charge < -0.3 is 14.8 Å². The number of rotatable bonds is 3. The molecule has 0 bridgehead atoms. The topological polar surface area (TPSA) is 43.4 Å². The highest BCUT2D eigenvalue weighted by Crippen LogP contribution is 2.36. The van der Waals surface area contributed by atoms with E-state index in [2.05, 4.69) is 10.3 Å². The molecule has 0 unspecified atom stereocenters. The molecule has 1 aliphatic heterocycles. The van der Waals surface area contributed by atoms with Gasteiger partial charge in [-0.2, -0.15) is 0 Å². The lowest BCUT2D eigenvalue weighted by molar-refractivity contribution is 0.174. The van der Waals surface area contributed by atoms with Gasteiger partial charge in [0, 0.05) is 22.7 Å². The second-order valence-corrected chi connectivity index (χ2v) is 5.71. The molecule has 0 amide bonds. The number of thiazole rings is 1. The molecule has 0 radical (unpaired) electrons. The maximum absolute atomic E-state index is 13.8.